The third kappa shape index (κ3) is 3.15. The van der Waals surface area contributed by atoms with E-state index in [-0.39, 0.29) is 17.4 Å². The fraction of sp³-hybridized carbons (Fsp3) is 0.500. The van der Waals surface area contributed by atoms with Crippen molar-refractivity contribution in [2.24, 2.45) is 0 Å². The van der Waals surface area contributed by atoms with Gasteiger partial charge in [0.1, 0.15) is 29.8 Å². The molecule has 1 N–H and O–H groups in total. The highest BCUT2D eigenvalue weighted by molar-refractivity contribution is 14.1. The first-order chi connectivity index (χ1) is 11.2. The number of ether oxygens (including phenoxy) is 2. The molecule has 1 aliphatic heterocycles. The number of aromatic nitrogens is 3. The zero-order chi connectivity index (χ0) is 17.6. The lowest BCUT2D eigenvalue weighted by molar-refractivity contribution is -0.276. The zero-order valence-electron chi connectivity index (χ0n) is 12.7. The molecule has 0 amide bonds. The number of hydrogen-bond acceptors (Lipinski definition) is 6. The smallest absolute Gasteiger partial charge is 0.206 e. The molecule has 3 rings (SSSR count). The van der Waals surface area contributed by atoms with Crippen molar-refractivity contribution in [2.75, 3.05) is 6.61 Å². The van der Waals surface area contributed by atoms with E-state index < -0.39 is 30.1 Å². The first kappa shape index (κ1) is 17.9. The Kier molecular flexibility index (Phi) is 4.82. The fourth-order valence-corrected chi connectivity index (χ4v) is 3.68. The van der Waals surface area contributed by atoms with Crippen molar-refractivity contribution in [1.82, 2.24) is 14.5 Å². The van der Waals surface area contributed by atoms with Crippen LogP contribution in [0.15, 0.2) is 12.5 Å². The van der Waals surface area contributed by atoms with Crippen molar-refractivity contribution in [3.05, 3.63) is 21.2 Å². The van der Waals surface area contributed by atoms with Crippen LogP contribution in [0.1, 0.15) is 20.1 Å². The van der Waals surface area contributed by atoms with Gasteiger partial charge in [0.05, 0.1) is 5.39 Å². The van der Waals surface area contributed by atoms with Crippen molar-refractivity contribution >= 4 is 51.0 Å². The summed E-state index contributed by atoms with van der Waals surface area (Å²) in [5, 5.41) is 11.0. The number of Topliss-reactive ketones (excluding diaryl/α,β-unsaturated/α-hetero) is 1. The van der Waals surface area contributed by atoms with Gasteiger partial charge in [0.25, 0.3) is 0 Å². The number of hydrogen-bond donors (Lipinski definition) is 1. The summed E-state index contributed by atoms with van der Waals surface area (Å²) in [5.41, 5.74) is 0.227. The molecule has 2 aromatic rings. The molecule has 0 aromatic carbocycles. The van der Waals surface area contributed by atoms with Crippen molar-refractivity contribution in [1.29, 1.82) is 0 Å². The predicted molar refractivity (Wildman–Crippen MR) is 91.3 cm³/mol. The predicted octanol–water partition coefficient (Wildman–Crippen LogP) is 2.24. The summed E-state index contributed by atoms with van der Waals surface area (Å²) in [6, 6.07) is 0. The maximum Gasteiger partial charge on any atom is 0.206 e. The molecule has 0 bridgehead atoms. The topological polar surface area (TPSA) is 86.5 Å². The highest BCUT2D eigenvalue weighted by Gasteiger charge is 2.43. The summed E-state index contributed by atoms with van der Waals surface area (Å²) in [7, 11) is 0. The van der Waals surface area contributed by atoms with Gasteiger partial charge >= 0.3 is 0 Å². The molecule has 2 unspecified atom stereocenters. The fourth-order valence-electron chi connectivity index (χ4n) is 2.49. The number of nitrogens with zero attached hydrogens (tertiary/aromatic N) is 3. The number of carbonyl (C=O) groups is 1. The Labute approximate surface area is 155 Å². The molecule has 1 fully saturated rings. The van der Waals surface area contributed by atoms with Gasteiger partial charge in [0.2, 0.25) is 6.30 Å². The number of aliphatic hydroxyl groups is 1. The van der Waals surface area contributed by atoms with Crippen LogP contribution in [0.5, 0.6) is 0 Å². The van der Waals surface area contributed by atoms with Crippen molar-refractivity contribution < 1.29 is 23.8 Å². The maximum atomic E-state index is 14.9. The van der Waals surface area contributed by atoms with Crippen molar-refractivity contribution in [2.45, 2.75) is 38.1 Å². The molecule has 24 heavy (non-hydrogen) atoms. The van der Waals surface area contributed by atoms with Crippen LogP contribution in [0.25, 0.3) is 11.0 Å². The van der Waals surface area contributed by atoms with Gasteiger partial charge < -0.3 is 14.6 Å². The van der Waals surface area contributed by atoms with Gasteiger partial charge in [-0.3, -0.25) is 9.36 Å². The van der Waals surface area contributed by atoms with E-state index in [0.717, 1.165) is 4.57 Å². The van der Waals surface area contributed by atoms with Gasteiger partial charge in [-0.25, -0.2) is 14.4 Å². The van der Waals surface area contributed by atoms with E-state index in [2.05, 4.69) is 9.97 Å². The van der Waals surface area contributed by atoms with Crippen LogP contribution in [-0.4, -0.2) is 50.0 Å². The Morgan fingerprint density at radius 2 is 2.25 bits per heavy atom. The molecule has 1 aliphatic rings. The Morgan fingerprint density at radius 1 is 1.54 bits per heavy atom. The van der Waals surface area contributed by atoms with Gasteiger partial charge in [-0.15, -0.1) is 0 Å². The molecular weight excluding hydrogens is 456 g/mol. The van der Waals surface area contributed by atoms with Gasteiger partial charge in [-0.2, -0.15) is 0 Å². The van der Waals surface area contributed by atoms with E-state index >= 15 is 0 Å². The molecule has 0 saturated carbocycles. The quantitative estimate of drug-likeness (QED) is 0.548. The number of rotatable bonds is 3. The second-order valence-electron chi connectivity index (χ2n) is 5.80. The number of aliphatic hydroxyl groups excluding tert-OH is 1. The van der Waals surface area contributed by atoms with Gasteiger partial charge in [0, 0.05) is 9.77 Å². The minimum atomic E-state index is -1.95. The number of fused-ring (bicyclic) bond motifs is 1. The second kappa shape index (κ2) is 6.45. The average molecular weight is 470 g/mol. The minimum Gasteiger partial charge on any atom is -0.385 e. The highest BCUT2D eigenvalue weighted by atomic mass is 127. The summed E-state index contributed by atoms with van der Waals surface area (Å²) in [4.78, 5) is 19.8. The molecule has 0 spiro atoms. The van der Waals surface area contributed by atoms with E-state index in [0.29, 0.717) is 8.96 Å². The largest absolute Gasteiger partial charge is 0.385 e. The lowest BCUT2D eigenvalue weighted by atomic mass is 10.1. The molecule has 0 radical (unpaired) electrons. The lowest BCUT2D eigenvalue weighted by Gasteiger charge is -2.37. The number of alkyl halides is 1. The minimum absolute atomic E-state index is 0.185. The van der Waals surface area contributed by atoms with Crippen LogP contribution in [-0.2, 0) is 14.3 Å². The molecule has 3 atom stereocenters. The van der Waals surface area contributed by atoms with Crippen LogP contribution < -0.4 is 0 Å². The lowest BCUT2D eigenvalue weighted by Crippen LogP contribution is -2.52. The van der Waals surface area contributed by atoms with Gasteiger partial charge in [-0.1, -0.05) is 11.6 Å². The molecule has 0 aliphatic carbocycles. The first-order valence-corrected chi connectivity index (χ1v) is 8.50. The third-order valence-corrected chi connectivity index (χ3v) is 4.77. The van der Waals surface area contributed by atoms with E-state index in [1.165, 1.54) is 12.5 Å². The van der Waals surface area contributed by atoms with Crippen molar-refractivity contribution in [3.63, 3.8) is 0 Å². The summed E-state index contributed by atoms with van der Waals surface area (Å²) in [6.07, 6.45) is -2.36. The van der Waals surface area contributed by atoms with Crippen LogP contribution in [0.4, 0.5) is 4.39 Å². The van der Waals surface area contributed by atoms with Crippen LogP contribution in [0, 0.1) is 3.57 Å². The van der Waals surface area contributed by atoms with E-state index in [9.17, 15) is 14.3 Å². The molecular formula is C14H14ClFIN3O4. The number of halogens is 3. The standard InChI is InChI=1S/C14H14ClFIN3O4/c1-14(2)23-4-7(21)10(24-14)9(22)12(16)20-3-6(17)8-11(15)18-5-19-13(8)20/h3,5,9-10,12,22H,4H2,1-2H3/t9?,10-,12?/m1/s1. The maximum absolute atomic E-state index is 14.9. The zero-order valence-corrected chi connectivity index (χ0v) is 15.7. The van der Waals surface area contributed by atoms with Crippen molar-refractivity contribution in [3.8, 4) is 0 Å². The summed E-state index contributed by atoms with van der Waals surface area (Å²) in [6.45, 7) is 2.93. The van der Waals surface area contributed by atoms with Gasteiger partial charge in [0.15, 0.2) is 17.7 Å². The number of ketones is 1. The van der Waals surface area contributed by atoms with E-state index in [1.54, 1.807) is 13.8 Å². The van der Waals surface area contributed by atoms with E-state index in [4.69, 9.17) is 21.1 Å². The Hall–Kier alpha value is -0.880. The van der Waals surface area contributed by atoms with Gasteiger partial charge in [-0.05, 0) is 36.4 Å². The first-order valence-electron chi connectivity index (χ1n) is 7.04. The summed E-state index contributed by atoms with van der Waals surface area (Å²) in [5.74, 6) is -1.61. The average Bonchev–Trinajstić information content (AvgIpc) is 2.86. The third-order valence-electron chi connectivity index (χ3n) is 3.66. The monoisotopic (exact) mass is 469 g/mol. The van der Waals surface area contributed by atoms with Crippen LogP contribution >= 0.6 is 34.2 Å². The molecule has 1 saturated heterocycles. The Morgan fingerprint density at radius 3 is 2.96 bits per heavy atom. The molecule has 3 heterocycles. The Balaban J connectivity index is 1.95. The molecule has 130 valence electrons. The summed E-state index contributed by atoms with van der Waals surface area (Å²) < 4.78 is 27.3. The number of carbonyl (C=O) groups excluding carboxylic acids is 1. The van der Waals surface area contributed by atoms with Crippen LogP contribution in [0.3, 0.4) is 0 Å². The molecule has 10 heteroatoms. The van der Waals surface area contributed by atoms with E-state index in [1.807, 2.05) is 22.6 Å². The Bertz CT molecular complexity index is 800. The SMILES string of the molecule is CC1(C)OCC(=O)[C@H](C(O)C(F)n2cc(I)c3c(Cl)ncnc32)O1. The van der Waals surface area contributed by atoms with Crippen LogP contribution in [0.2, 0.25) is 5.15 Å². The molecule has 2 aromatic heterocycles. The second-order valence-corrected chi connectivity index (χ2v) is 7.32. The normalized spacial score (nSPS) is 23.4. The summed E-state index contributed by atoms with van der Waals surface area (Å²) >= 11 is 7.99. The highest BCUT2D eigenvalue weighted by Crippen LogP contribution is 2.33. The molecule has 7 nitrogen and oxygen atoms in total.